The molecule has 28 heavy (non-hydrogen) atoms. The molecule has 2 aromatic carbocycles. The number of aryl methyl sites for hydroxylation is 2. The number of anilines is 2. The number of hydrogen-bond donors (Lipinski definition) is 1. The summed E-state index contributed by atoms with van der Waals surface area (Å²) in [5.41, 5.74) is 2.34. The molecule has 0 unspecified atom stereocenters. The molecule has 0 aliphatic carbocycles. The molecule has 0 saturated carbocycles. The van der Waals surface area contributed by atoms with Crippen LogP contribution in [0.3, 0.4) is 0 Å². The minimum Gasteiger partial charge on any atom is -0.361 e. The van der Waals surface area contributed by atoms with E-state index in [-0.39, 0.29) is 17.2 Å². The smallest absolute Gasteiger partial charge is 0.264 e. The summed E-state index contributed by atoms with van der Waals surface area (Å²) in [7, 11) is -2.26. The average Bonchev–Trinajstić information content (AvgIpc) is 3.00. The largest absolute Gasteiger partial charge is 0.361 e. The van der Waals surface area contributed by atoms with Gasteiger partial charge in [-0.05, 0) is 44.2 Å². The first kappa shape index (κ1) is 19.6. The van der Waals surface area contributed by atoms with Crippen LogP contribution in [0.15, 0.2) is 64.0 Å². The summed E-state index contributed by atoms with van der Waals surface area (Å²) in [5.74, 6) is 0.314. The Kier molecular flexibility index (Phi) is 5.51. The van der Waals surface area contributed by atoms with Crippen LogP contribution < -0.4 is 9.62 Å². The summed E-state index contributed by atoms with van der Waals surface area (Å²) in [6.45, 7) is 3.51. The molecule has 0 atom stereocenters. The highest BCUT2D eigenvalue weighted by molar-refractivity contribution is 7.92. The van der Waals surface area contributed by atoms with E-state index in [1.54, 1.807) is 50.2 Å². The van der Waals surface area contributed by atoms with Crippen molar-refractivity contribution in [2.45, 2.75) is 25.2 Å². The summed E-state index contributed by atoms with van der Waals surface area (Å²) < 4.78 is 32.1. The van der Waals surface area contributed by atoms with Crippen LogP contribution in [0.5, 0.6) is 0 Å². The molecule has 1 N–H and O–H groups in total. The maximum atomic E-state index is 12.9. The molecule has 0 bridgehead atoms. The number of para-hydroxylation sites is 1. The third-order valence-electron chi connectivity index (χ3n) is 4.41. The summed E-state index contributed by atoms with van der Waals surface area (Å²) in [5, 5.41) is 6.57. The molecule has 7 nitrogen and oxygen atoms in total. The van der Waals surface area contributed by atoms with Gasteiger partial charge in [0.15, 0.2) is 0 Å². The number of carbonyl (C=O) groups is 1. The zero-order valence-corrected chi connectivity index (χ0v) is 16.7. The highest BCUT2D eigenvalue weighted by atomic mass is 32.2. The maximum Gasteiger partial charge on any atom is 0.264 e. The molecule has 1 amide bonds. The topological polar surface area (TPSA) is 92.5 Å². The van der Waals surface area contributed by atoms with Crippen molar-refractivity contribution in [2.75, 3.05) is 16.7 Å². The Morgan fingerprint density at radius 3 is 2.46 bits per heavy atom. The minimum absolute atomic E-state index is 0.0917. The lowest BCUT2D eigenvalue weighted by molar-refractivity contribution is -0.115. The molecule has 0 spiro atoms. The predicted octanol–water partition coefficient (Wildman–Crippen LogP) is 3.30. The van der Waals surface area contributed by atoms with Crippen molar-refractivity contribution in [3.05, 3.63) is 71.6 Å². The van der Waals surface area contributed by atoms with Gasteiger partial charge in [-0.3, -0.25) is 9.10 Å². The molecular weight excluding hydrogens is 378 g/mol. The van der Waals surface area contributed by atoms with E-state index in [0.29, 0.717) is 22.8 Å². The Bertz CT molecular complexity index is 1070. The molecule has 0 aliphatic heterocycles. The van der Waals surface area contributed by atoms with Gasteiger partial charge in [-0.1, -0.05) is 29.4 Å². The van der Waals surface area contributed by atoms with Crippen LogP contribution in [0.2, 0.25) is 0 Å². The highest BCUT2D eigenvalue weighted by Gasteiger charge is 2.22. The number of hydrogen-bond acceptors (Lipinski definition) is 5. The van der Waals surface area contributed by atoms with Gasteiger partial charge in [0.1, 0.15) is 5.76 Å². The Balaban J connectivity index is 1.79. The van der Waals surface area contributed by atoms with E-state index in [1.165, 1.54) is 23.5 Å². The molecule has 0 radical (unpaired) electrons. The summed E-state index contributed by atoms with van der Waals surface area (Å²) >= 11 is 0. The summed E-state index contributed by atoms with van der Waals surface area (Å²) in [4.78, 5) is 12.5. The molecule has 0 saturated heterocycles. The predicted molar refractivity (Wildman–Crippen MR) is 107 cm³/mol. The quantitative estimate of drug-likeness (QED) is 0.687. The number of aromatic nitrogens is 1. The van der Waals surface area contributed by atoms with Crippen LogP contribution in [0, 0.1) is 13.8 Å². The number of carbonyl (C=O) groups excluding carboxylic acids is 1. The second-order valence-corrected chi connectivity index (χ2v) is 8.33. The van der Waals surface area contributed by atoms with Gasteiger partial charge in [0.2, 0.25) is 5.91 Å². The number of sulfonamides is 1. The van der Waals surface area contributed by atoms with E-state index < -0.39 is 10.0 Å². The molecule has 1 aromatic heterocycles. The standard InChI is InChI=1S/C20H21N3O4S/c1-14-19(15(2)27-22-14)13-20(24)21-16-8-7-11-18(12-16)28(25,26)23(3)17-9-5-4-6-10-17/h4-12H,13H2,1-3H3,(H,21,24). The third kappa shape index (κ3) is 4.07. The van der Waals surface area contributed by atoms with Gasteiger partial charge in [0, 0.05) is 18.3 Å². The molecule has 0 aliphatic rings. The SMILES string of the molecule is Cc1noc(C)c1CC(=O)Nc1cccc(S(=O)(=O)N(C)c2ccccc2)c1. The molecule has 3 aromatic rings. The van der Waals surface area contributed by atoms with Crippen LogP contribution in [-0.4, -0.2) is 26.5 Å². The fourth-order valence-electron chi connectivity index (χ4n) is 2.79. The van der Waals surface area contributed by atoms with Gasteiger partial charge in [0.05, 0.1) is 22.7 Å². The first-order valence-corrected chi connectivity index (χ1v) is 10.1. The fourth-order valence-corrected chi connectivity index (χ4v) is 4.03. The van der Waals surface area contributed by atoms with E-state index in [0.717, 1.165) is 5.56 Å². The number of rotatable bonds is 6. The lowest BCUT2D eigenvalue weighted by Crippen LogP contribution is -2.26. The summed E-state index contributed by atoms with van der Waals surface area (Å²) in [6, 6.07) is 15.0. The van der Waals surface area contributed by atoms with Crippen LogP contribution in [0.25, 0.3) is 0 Å². The molecule has 146 valence electrons. The molecule has 0 fully saturated rings. The number of nitrogens with zero attached hydrogens (tertiary/aromatic N) is 2. The van der Waals surface area contributed by atoms with Crippen LogP contribution in [-0.2, 0) is 21.2 Å². The van der Waals surface area contributed by atoms with Gasteiger partial charge in [-0.15, -0.1) is 0 Å². The van der Waals surface area contributed by atoms with Gasteiger partial charge in [-0.25, -0.2) is 8.42 Å². The molecule has 8 heteroatoms. The maximum absolute atomic E-state index is 12.9. The lowest BCUT2D eigenvalue weighted by Gasteiger charge is -2.19. The number of nitrogens with one attached hydrogen (secondary N) is 1. The zero-order chi connectivity index (χ0) is 20.3. The van der Waals surface area contributed by atoms with Crippen LogP contribution in [0.1, 0.15) is 17.0 Å². The van der Waals surface area contributed by atoms with Crippen molar-refractivity contribution in [3.8, 4) is 0 Å². The lowest BCUT2D eigenvalue weighted by atomic mass is 10.1. The Morgan fingerprint density at radius 2 is 1.82 bits per heavy atom. The van der Waals surface area contributed by atoms with Gasteiger partial charge >= 0.3 is 0 Å². The number of benzene rings is 2. The number of amides is 1. The Labute approximate surface area is 164 Å². The van der Waals surface area contributed by atoms with Crippen molar-refractivity contribution in [2.24, 2.45) is 0 Å². The first-order valence-electron chi connectivity index (χ1n) is 8.64. The minimum atomic E-state index is -3.76. The van der Waals surface area contributed by atoms with E-state index >= 15 is 0 Å². The van der Waals surface area contributed by atoms with Crippen LogP contribution >= 0.6 is 0 Å². The third-order valence-corrected chi connectivity index (χ3v) is 6.20. The highest BCUT2D eigenvalue weighted by Crippen LogP contribution is 2.24. The van der Waals surface area contributed by atoms with Crippen molar-refractivity contribution >= 4 is 27.3 Å². The van der Waals surface area contributed by atoms with Crippen molar-refractivity contribution in [1.29, 1.82) is 0 Å². The van der Waals surface area contributed by atoms with Crippen LogP contribution in [0.4, 0.5) is 11.4 Å². The first-order chi connectivity index (χ1) is 13.3. The Hall–Kier alpha value is -3.13. The van der Waals surface area contributed by atoms with Crippen molar-refractivity contribution in [1.82, 2.24) is 5.16 Å². The molecule has 3 rings (SSSR count). The fraction of sp³-hybridized carbons (Fsp3) is 0.200. The zero-order valence-electron chi connectivity index (χ0n) is 15.8. The average molecular weight is 399 g/mol. The summed E-state index contributed by atoms with van der Waals surface area (Å²) in [6.07, 6.45) is 0.0993. The monoisotopic (exact) mass is 399 g/mol. The molecule has 1 heterocycles. The van der Waals surface area contributed by atoms with Gasteiger partial charge in [0.25, 0.3) is 10.0 Å². The van der Waals surface area contributed by atoms with Crippen molar-refractivity contribution in [3.63, 3.8) is 0 Å². The van der Waals surface area contributed by atoms with Gasteiger partial charge in [-0.2, -0.15) is 0 Å². The van der Waals surface area contributed by atoms with Gasteiger partial charge < -0.3 is 9.84 Å². The molecular formula is C20H21N3O4S. The normalized spacial score (nSPS) is 11.2. The Morgan fingerprint density at radius 1 is 1.11 bits per heavy atom. The van der Waals surface area contributed by atoms with E-state index in [2.05, 4.69) is 10.5 Å². The second kappa shape index (κ2) is 7.85. The van der Waals surface area contributed by atoms with Crippen molar-refractivity contribution < 1.29 is 17.7 Å². The van der Waals surface area contributed by atoms with E-state index in [4.69, 9.17) is 4.52 Å². The second-order valence-electron chi connectivity index (χ2n) is 6.36. The van der Waals surface area contributed by atoms with E-state index in [1.807, 2.05) is 6.07 Å². The van der Waals surface area contributed by atoms with E-state index in [9.17, 15) is 13.2 Å².